The van der Waals surface area contributed by atoms with E-state index >= 15 is 0 Å². The number of fused-ring (bicyclic) bond motifs is 5. The van der Waals surface area contributed by atoms with Crippen LogP contribution in [0.3, 0.4) is 0 Å². The van der Waals surface area contributed by atoms with Gasteiger partial charge in [0.25, 0.3) is 0 Å². The molecule has 104 valence electrons. The van der Waals surface area contributed by atoms with Crippen LogP contribution < -0.4 is 0 Å². The van der Waals surface area contributed by atoms with E-state index in [0.717, 1.165) is 48.8 Å². The van der Waals surface area contributed by atoms with Gasteiger partial charge in [-0.1, -0.05) is 35.0 Å². The molecule has 4 rings (SSSR count). The van der Waals surface area contributed by atoms with Crippen LogP contribution in [-0.2, 0) is 6.42 Å². The third-order valence-electron chi connectivity index (χ3n) is 3.65. The predicted molar refractivity (Wildman–Crippen MR) is 92.8 cm³/mol. The van der Waals surface area contributed by atoms with E-state index in [1.165, 1.54) is 0 Å². The molecule has 0 spiro atoms. The summed E-state index contributed by atoms with van der Waals surface area (Å²) in [5.74, 6) is 1.02. The van der Waals surface area contributed by atoms with Crippen molar-refractivity contribution in [1.82, 2.24) is 14.4 Å². The summed E-state index contributed by atoms with van der Waals surface area (Å²) < 4.78 is 4.16. The first-order chi connectivity index (χ1) is 10.2. The van der Waals surface area contributed by atoms with Crippen LogP contribution in [0.2, 0.25) is 0 Å². The van der Waals surface area contributed by atoms with E-state index < -0.39 is 0 Å². The second kappa shape index (κ2) is 4.78. The van der Waals surface area contributed by atoms with Crippen molar-refractivity contribution in [3.8, 4) is 0 Å². The number of halogens is 2. The average Bonchev–Trinajstić information content (AvgIpc) is 2.86. The summed E-state index contributed by atoms with van der Waals surface area (Å²) >= 11 is 7.16. The van der Waals surface area contributed by atoms with Gasteiger partial charge in [-0.05, 0) is 40.2 Å². The topological polar surface area (TPSA) is 30.2 Å². The lowest BCUT2D eigenvalue weighted by Crippen LogP contribution is -2.01. The molecule has 0 atom stereocenters. The molecule has 0 aliphatic rings. The smallest absolute Gasteiger partial charge is 0.148 e. The zero-order chi connectivity index (χ0) is 14.6. The number of benzene rings is 2. The normalized spacial score (nSPS) is 11.8. The van der Waals surface area contributed by atoms with Crippen LogP contribution in [0.5, 0.6) is 0 Å². The molecule has 0 fully saturated rings. The number of para-hydroxylation sites is 2. The largest absolute Gasteiger partial charge is 0.280 e. The number of aromatic nitrogens is 3. The van der Waals surface area contributed by atoms with Gasteiger partial charge in [0, 0.05) is 20.8 Å². The lowest BCUT2D eigenvalue weighted by Gasteiger charge is -2.08. The van der Waals surface area contributed by atoms with Crippen LogP contribution in [0.15, 0.2) is 45.3 Å². The first kappa shape index (κ1) is 13.2. The number of hydrogen-bond donors (Lipinski definition) is 0. The molecule has 3 nitrogen and oxygen atoms in total. The maximum atomic E-state index is 4.84. The maximum Gasteiger partial charge on any atom is 0.148 e. The molecule has 2 heterocycles. The molecule has 2 aromatic carbocycles. The second-order valence-electron chi connectivity index (χ2n) is 4.92. The van der Waals surface area contributed by atoms with Crippen molar-refractivity contribution in [2.24, 2.45) is 0 Å². The Kier molecular flexibility index (Phi) is 3.01. The molecule has 0 radical (unpaired) electrons. The molecule has 0 N–H and O–H groups in total. The van der Waals surface area contributed by atoms with Crippen LogP contribution in [0.1, 0.15) is 12.7 Å². The van der Waals surface area contributed by atoms with Crippen molar-refractivity contribution in [3.05, 3.63) is 51.2 Å². The second-order valence-corrected chi connectivity index (χ2v) is 6.69. The number of aryl methyl sites for hydroxylation is 1. The van der Waals surface area contributed by atoms with Gasteiger partial charge in [-0.3, -0.25) is 4.40 Å². The van der Waals surface area contributed by atoms with Gasteiger partial charge >= 0.3 is 0 Å². The van der Waals surface area contributed by atoms with Gasteiger partial charge < -0.3 is 0 Å². The minimum absolute atomic E-state index is 0.856. The van der Waals surface area contributed by atoms with Gasteiger partial charge in [-0.25, -0.2) is 9.97 Å². The predicted octanol–water partition coefficient (Wildman–Crippen LogP) is 5.12. The van der Waals surface area contributed by atoms with Crippen molar-refractivity contribution < 1.29 is 0 Å². The van der Waals surface area contributed by atoms with Gasteiger partial charge in [0.1, 0.15) is 11.5 Å². The van der Waals surface area contributed by atoms with Gasteiger partial charge in [0.2, 0.25) is 0 Å². The van der Waals surface area contributed by atoms with Crippen molar-refractivity contribution in [2.75, 3.05) is 0 Å². The number of imidazole rings is 1. The fourth-order valence-electron chi connectivity index (χ4n) is 2.73. The monoisotopic (exact) mass is 403 g/mol. The Morgan fingerprint density at radius 2 is 1.90 bits per heavy atom. The molecule has 0 aliphatic carbocycles. The number of hydrogen-bond acceptors (Lipinski definition) is 2. The summed E-state index contributed by atoms with van der Waals surface area (Å²) in [5.41, 5.74) is 4.02. The molecule has 5 heteroatoms. The van der Waals surface area contributed by atoms with E-state index in [0.29, 0.717) is 0 Å². The Morgan fingerprint density at radius 1 is 1.10 bits per heavy atom. The minimum Gasteiger partial charge on any atom is -0.280 e. The van der Waals surface area contributed by atoms with Gasteiger partial charge in [-0.2, -0.15) is 0 Å². The molecule has 0 amide bonds. The van der Waals surface area contributed by atoms with Gasteiger partial charge in [0.15, 0.2) is 0 Å². The lowest BCUT2D eigenvalue weighted by atomic mass is 10.2. The first-order valence-electron chi connectivity index (χ1n) is 6.74. The molecule has 21 heavy (non-hydrogen) atoms. The van der Waals surface area contributed by atoms with Crippen molar-refractivity contribution in [1.29, 1.82) is 0 Å². The SMILES string of the molecule is CCc1nc2c(Br)cc(Br)cc2c2nc3ccccc3n12. The van der Waals surface area contributed by atoms with E-state index in [4.69, 9.17) is 9.97 Å². The lowest BCUT2D eigenvalue weighted by molar-refractivity contribution is 0.929. The summed E-state index contributed by atoms with van der Waals surface area (Å²) in [6, 6.07) is 12.3. The highest BCUT2D eigenvalue weighted by molar-refractivity contribution is 9.11. The highest BCUT2D eigenvalue weighted by Gasteiger charge is 2.14. The quantitative estimate of drug-likeness (QED) is 0.440. The Bertz CT molecular complexity index is 1000. The fraction of sp³-hybridized carbons (Fsp3) is 0.125. The van der Waals surface area contributed by atoms with Crippen LogP contribution in [-0.4, -0.2) is 14.4 Å². The minimum atomic E-state index is 0.856. The van der Waals surface area contributed by atoms with Crippen molar-refractivity contribution in [3.63, 3.8) is 0 Å². The summed E-state index contributed by atoms with van der Waals surface area (Å²) in [7, 11) is 0. The van der Waals surface area contributed by atoms with Crippen LogP contribution in [0.4, 0.5) is 0 Å². The summed E-state index contributed by atoms with van der Waals surface area (Å²) in [6.45, 7) is 2.12. The molecule has 0 aliphatic heterocycles. The molecule has 0 bridgehead atoms. The van der Waals surface area contributed by atoms with E-state index in [9.17, 15) is 0 Å². The van der Waals surface area contributed by atoms with Crippen LogP contribution >= 0.6 is 31.9 Å². The summed E-state index contributed by atoms with van der Waals surface area (Å²) in [4.78, 5) is 9.66. The van der Waals surface area contributed by atoms with E-state index in [1.54, 1.807) is 0 Å². The molecule has 0 saturated carbocycles. The zero-order valence-corrected chi connectivity index (χ0v) is 14.4. The summed E-state index contributed by atoms with van der Waals surface area (Å²) in [5, 5.41) is 1.05. The molecule has 0 unspecified atom stereocenters. The van der Waals surface area contributed by atoms with Gasteiger partial charge in [-0.15, -0.1) is 0 Å². The third-order valence-corrected chi connectivity index (χ3v) is 4.71. The first-order valence-corrected chi connectivity index (χ1v) is 8.32. The number of nitrogens with zero attached hydrogens (tertiary/aromatic N) is 3. The van der Waals surface area contributed by atoms with Gasteiger partial charge in [0.05, 0.1) is 16.6 Å². The molecular weight excluding hydrogens is 394 g/mol. The zero-order valence-electron chi connectivity index (χ0n) is 11.3. The standard InChI is InChI=1S/C16H11Br2N3/c1-2-14-20-15-10(7-9(17)8-11(15)18)16-19-12-5-3-4-6-13(12)21(14)16/h3-8H,2H2,1H3. The Morgan fingerprint density at radius 3 is 2.71 bits per heavy atom. The van der Waals surface area contributed by atoms with Crippen LogP contribution in [0, 0.1) is 0 Å². The van der Waals surface area contributed by atoms with Crippen molar-refractivity contribution in [2.45, 2.75) is 13.3 Å². The van der Waals surface area contributed by atoms with Crippen LogP contribution in [0.25, 0.3) is 27.6 Å². The van der Waals surface area contributed by atoms with E-state index in [2.05, 4.69) is 55.3 Å². The summed E-state index contributed by atoms with van der Waals surface area (Å²) in [6.07, 6.45) is 0.856. The molecule has 2 aromatic heterocycles. The highest BCUT2D eigenvalue weighted by atomic mass is 79.9. The third kappa shape index (κ3) is 1.91. The fourth-order valence-corrected chi connectivity index (χ4v) is 4.05. The Hall–Kier alpha value is -1.46. The Balaban J connectivity index is 2.34. The maximum absolute atomic E-state index is 4.84. The number of rotatable bonds is 1. The van der Waals surface area contributed by atoms with Crippen molar-refractivity contribution >= 4 is 59.4 Å². The highest BCUT2D eigenvalue weighted by Crippen LogP contribution is 2.31. The molecule has 0 saturated heterocycles. The molecular formula is C16H11Br2N3. The molecule has 4 aromatic rings. The van der Waals surface area contributed by atoms with E-state index in [1.807, 2.05) is 24.3 Å². The Labute approximate surface area is 138 Å². The van der Waals surface area contributed by atoms with E-state index in [-0.39, 0.29) is 0 Å². The average molecular weight is 405 g/mol.